The van der Waals surface area contributed by atoms with Crippen molar-refractivity contribution >= 4 is 34.0 Å². The van der Waals surface area contributed by atoms with Crippen molar-refractivity contribution in [3.63, 3.8) is 0 Å². The maximum atomic E-state index is 12.4. The lowest BCUT2D eigenvalue weighted by molar-refractivity contribution is 0.102. The lowest BCUT2D eigenvalue weighted by Gasteiger charge is -2.11. The van der Waals surface area contributed by atoms with E-state index < -0.39 is 5.91 Å². The Kier molecular flexibility index (Phi) is 4.08. The van der Waals surface area contributed by atoms with Gasteiger partial charge in [0.1, 0.15) is 11.5 Å². The number of phenolic OH excluding ortho intramolecular Hbond substituents is 1. The molecule has 0 saturated carbocycles. The highest BCUT2D eigenvalue weighted by molar-refractivity contribution is 6.31. The molecular formula is C18H14ClNO3. The maximum Gasteiger partial charge on any atom is 0.259 e. The van der Waals surface area contributed by atoms with E-state index >= 15 is 0 Å². The number of rotatable bonds is 3. The molecule has 0 atom stereocenters. The lowest BCUT2D eigenvalue weighted by atomic mass is 10.1. The summed E-state index contributed by atoms with van der Waals surface area (Å²) in [5, 5.41) is 14.8. The van der Waals surface area contributed by atoms with Crippen LogP contribution >= 0.6 is 11.6 Å². The third kappa shape index (κ3) is 3.07. The Morgan fingerprint density at radius 3 is 2.70 bits per heavy atom. The molecule has 2 N–H and O–H groups in total. The van der Waals surface area contributed by atoms with Crippen molar-refractivity contribution in [3.8, 4) is 11.5 Å². The number of ether oxygens (including phenoxy) is 1. The monoisotopic (exact) mass is 327 g/mol. The number of methoxy groups -OCH3 is 1. The second-order valence-corrected chi connectivity index (χ2v) is 5.45. The molecule has 5 heteroatoms. The van der Waals surface area contributed by atoms with Crippen LogP contribution in [0.3, 0.4) is 0 Å². The van der Waals surface area contributed by atoms with Crippen LogP contribution in [0.1, 0.15) is 10.4 Å². The highest BCUT2D eigenvalue weighted by atomic mass is 35.5. The average Bonchev–Trinajstić information content (AvgIpc) is 2.56. The van der Waals surface area contributed by atoms with Gasteiger partial charge in [-0.05, 0) is 29.7 Å². The second kappa shape index (κ2) is 6.18. The van der Waals surface area contributed by atoms with Crippen LogP contribution < -0.4 is 10.1 Å². The van der Waals surface area contributed by atoms with Gasteiger partial charge in [0.15, 0.2) is 0 Å². The number of amides is 1. The summed E-state index contributed by atoms with van der Waals surface area (Å²) in [6, 6.07) is 15.6. The van der Waals surface area contributed by atoms with Gasteiger partial charge in [0.25, 0.3) is 5.91 Å². The van der Waals surface area contributed by atoms with Gasteiger partial charge in [-0.1, -0.05) is 35.9 Å². The van der Waals surface area contributed by atoms with Crippen LogP contribution in [-0.2, 0) is 0 Å². The fraction of sp³-hybridized carbons (Fsp3) is 0.0556. The van der Waals surface area contributed by atoms with Crippen molar-refractivity contribution in [2.45, 2.75) is 0 Å². The van der Waals surface area contributed by atoms with Gasteiger partial charge in [-0.3, -0.25) is 4.79 Å². The predicted octanol–water partition coefficient (Wildman–Crippen LogP) is 4.46. The van der Waals surface area contributed by atoms with E-state index in [1.807, 2.05) is 30.3 Å². The molecule has 0 saturated heterocycles. The molecule has 0 unspecified atom stereocenters. The van der Waals surface area contributed by atoms with Crippen LogP contribution in [0.2, 0.25) is 5.02 Å². The number of anilines is 1. The molecule has 1 amide bonds. The number of carbonyl (C=O) groups excluding carboxylic acids is 1. The minimum atomic E-state index is -0.442. The van der Waals surface area contributed by atoms with Crippen molar-refractivity contribution in [3.05, 3.63) is 65.2 Å². The van der Waals surface area contributed by atoms with E-state index in [4.69, 9.17) is 16.3 Å². The highest BCUT2D eigenvalue weighted by Gasteiger charge is 2.13. The van der Waals surface area contributed by atoms with E-state index in [1.165, 1.54) is 18.2 Å². The van der Waals surface area contributed by atoms with Gasteiger partial charge < -0.3 is 15.2 Å². The molecule has 0 radical (unpaired) electrons. The van der Waals surface area contributed by atoms with Crippen LogP contribution in [0.4, 0.5) is 5.69 Å². The topological polar surface area (TPSA) is 58.6 Å². The third-order valence-electron chi connectivity index (χ3n) is 3.50. The van der Waals surface area contributed by atoms with Gasteiger partial charge in [-0.25, -0.2) is 0 Å². The van der Waals surface area contributed by atoms with Crippen molar-refractivity contribution in [2.75, 3.05) is 12.4 Å². The zero-order chi connectivity index (χ0) is 16.4. The predicted molar refractivity (Wildman–Crippen MR) is 91.6 cm³/mol. The summed E-state index contributed by atoms with van der Waals surface area (Å²) < 4.78 is 5.38. The minimum absolute atomic E-state index is 0.115. The molecule has 116 valence electrons. The van der Waals surface area contributed by atoms with Crippen molar-refractivity contribution < 1.29 is 14.6 Å². The maximum absolute atomic E-state index is 12.4. The fourth-order valence-electron chi connectivity index (χ4n) is 2.41. The van der Waals surface area contributed by atoms with E-state index in [2.05, 4.69) is 5.32 Å². The van der Waals surface area contributed by atoms with Gasteiger partial charge >= 0.3 is 0 Å². The number of aromatic hydroxyl groups is 1. The van der Waals surface area contributed by atoms with E-state index in [0.717, 1.165) is 10.8 Å². The molecular weight excluding hydrogens is 314 g/mol. The van der Waals surface area contributed by atoms with Crippen LogP contribution in [0.15, 0.2) is 54.6 Å². The summed E-state index contributed by atoms with van der Waals surface area (Å²) in [6.45, 7) is 0. The molecule has 0 aliphatic rings. The first-order valence-electron chi connectivity index (χ1n) is 6.95. The summed E-state index contributed by atoms with van der Waals surface area (Å²) in [5.41, 5.74) is 0.689. The fourth-order valence-corrected chi connectivity index (χ4v) is 2.58. The molecule has 0 aromatic heterocycles. The van der Waals surface area contributed by atoms with Crippen LogP contribution in [0.25, 0.3) is 10.8 Å². The number of hydrogen-bond donors (Lipinski definition) is 2. The normalized spacial score (nSPS) is 10.5. The van der Waals surface area contributed by atoms with E-state index in [1.54, 1.807) is 13.2 Å². The average molecular weight is 328 g/mol. The van der Waals surface area contributed by atoms with Gasteiger partial charge in [0.05, 0.1) is 12.7 Å². The molecule has 3 aromatic rings. The summed E-state index contributed by atoms with van der Waals surface area (Å²) in [7, 11) is 1.58. The lowest BCUT2D eigenvalue weighted by Crippen LogP contribution is -2.12. The smallest absolute Gasteiger partial charge is 0.259 e. The Hall–Kier alpha value is -2.72. The standard InChI is InChI=1S/C18H14ClNO3/c1-23-17-10-13(8-11-4-2-3-5-14(11)17)20-18(22)15-9-12(19)6-7-16(15)21/h2-10,21H,1H3,(H,20,22). The van der Waals surface area contributed by atoms with Crippen molar-refractivity contribution in [1.29, 1.82) is 0 Å². The second-order valence-electron chi connectivity index (χ2n) is 5.02. The number of halogens is 1. The van der Waals surface area contributed by atoms with E-state index in [0.29, 0.717) is 16.5 Å². The number of phenols is 1. The molecule has 0 bridgehead atoms. The van der Waals surface area contributed by atoms with E-state index in [9.17, 15) is 9.90 Å². The van der Waals surface area contributed by atoms with Gasteiger partial charge in [0, 0.05) is 22.2 Å². The minimum Gasteiger partial charge on any atom is -0.507 e. The molecule has 23 heavy (non-hydrogen) atoms. The molecule has 0 fully saturated rings. The zero-order valence-electron chi connectivity index (χ0n) is 12.3. The highest BCUT2D eigenvalue weighted by Crippen LogP contribution is 2.30. The Morgan fingerprint density at radius 2 is 1.91 bits per heavy atom. The van der Waals surface area contributed by atoms with Crippen LogP contribution in [-0.4, -0.2) is 18.1 Å². The number of hydrogen-bond acceptors (Lipinski definition) is 3. The largest absolute Gasteiger partial charge is 0.507 e. The molecule has 0 spiro atoms. The number of carbonyl (C=O) groups is 1. The molecule has 0 heterocycles. The molecule has 3 rings (SSSR count). The SMILES string of the molecule is COc1cc(NC(=O)c2cc(Cl)ccc2O)cc2ccccc12. The van der Waals surface area contributed by atoms with E-state index in [-0.39, 0.29) is 11.3 Å². The van der Waals surface area contributed by atoms with Gasteiger partial charge in [-0.2, -0.15) is 0 Å². The number of benzene rings is 3. The Labute approximate surface area is 138 Å². The quantitative estimate of drug-likeness (QED) is 0.746. The van der Waals surface area contributed by atoms with Crippen LogP contribution in [0.5, 0.6) is 11.5 Å². The summed E-state index contributed by atoms with van der Waals surface area (Å²) in [4.78, 5) is 12.4. The van der Waals surface area contributed by atoms with Crippen molar-refractivity contribution in [1.82, 2.24) is 0 Å². The van der Waals surface area contributed by atoms with Crippen molar-refractivity contribution in [2.24, 2.45) is 0 Å². The summed E-state index contributed by atoms with van der Waals surface area (Å²) in [6.07, 6.45) is 0. The van der Waals surface area contributed by atoms with Crippen LogP contribution in [0, 0.1) is 0 Å². The third-order valence-corrected chi connectivity index (χ3v) is 3.74. The number of fused-ring (bicyclic) bond motifs is 1. The Balaban J connectivity index is 1.98. The van der Waals surface area contributed by atoms with Gasteiger partial charge in [0.2, 0.25) is 0 Å². The Morgan fingerprint density at radius 1 is 1.13 bits per heavy atom. The summed E-state index contributed by atoms with van der Waals surface area (Å²) >= 11 is 5.88. The molecule has 4 nitrogen and oxygen atoms in total. The first-order chi connectivity index (χ1) is 11.1. The Bertz CT molecular complexity index is 893. The molecule has 3 aromatic carbocycles. The zero-order valence-corrected chi connectivity index (χ0v) is 13.1. The summed E-state index contributed by atoms with van der Waals surface area (Å²) in [5.74, 6) is 0.0932. The first-order valence-corrected chi connectivity index (χ1v) is 7.33. The number of nitrogens with one attached hydrogen (secondary N) is 1. The molecule has 0 aliphatic carbocycles. The van der Waals surface area contributed by atoms with Gasteiger partial charge in [-0.15, -0.1) is 0 Å². The first kappa shape index (κ1) is 15.2. The molecule has 0 aliphatic heterocycles.